The van der Waals surface area contributed by atoms with Crippen LogP contribution in [0, 0.1) is 11.8 Å². The molecule has 24 heavy (non-hydrogen) atoms. The first kappa shape index (κ1) is 17.0. The van der Waals surface area contributed by atoms with Gasteiger partial charge in [0.25, 0.3) is 5.91 Å². The van der Waals surface area contributed by atoms with Gasteiger partial charge in [-0.25, -0.2) is 0 Å². The second kappa shape index (κ2) is 6.55. The molecule has 7 nitrogen and oxygen atoms in total. The minimum Gasteiger partial charge on any atom is -0.469 e. The Hall–Kier alpha value is -1.89. The second-order valence-corrected chi connectivity index (χ2v) is 7.03. The zero-order chi connectivity index (χ0) is 17.3. The van der Waals surface area contributed by atoms with Gasteiger partial charge >= 0.3 is 5.97 Å². The lowest BCUT2D eigenvalue weighted by molar-refractivity contribution is -0.232. The molecule has 0 aromatic carbocycles. The van der Waals surface area contributed by atoms with Gasteiger partial charge in [0.1, 0.15) is 11.4 Å². The van der Waals surface area contributed by atoms with E-state index in [1.807, 2.05) is 0 Å². The summed E-state index contributed by atoms with van der Waals surface area (Å²) in [5.74, 6) is -0.0948. The van der Waals surface area contributed by atoms with Crippen molar-refractivity contribution in [3.8, 4) is 0 Å². The van der Waals surface area contributed by atoms with Crippen molar-refractivity contribution in [1.29, 1.82) is 0 Å². The summed E-state index contributed by atoms with van der Waals surface area (Å²) in [6.45, 7) is 6.13. The number of amides is 1. The van der Waals surface area contributed by atoms with Gasteiger partial charge in [0, 0.05) is 32.1 Å². The third kappa shape index (κ3) is 2.92. The van der Waals surface area contributed by atoms with E-state index in [0.29, 0.717) is 44.1 Å². The molecule has 3 rings (SSSR count). The Bertz CT molecular complexity index is 619. The highest BCUT2D eigenvalue weighted by Gasteiger charge is 2.55. The lowest BCUT2D eigenvalue weighted by Crippen LogP contribution is -2.65. The van der Waals surface area contributed by atoms with Crippen LogP contribution < -0.4 is 0 Å². The number of carbonyl (C=O) groups excluding carboxylic acids is 2. The Balaban J connectivity index is 1.78. The molecule has 2 heterocycles. The van der Waals surface area contributed by atoms with Crippen molar-refractivity contribution in [2.75, 3.05) is 20.3 Å². The van der Waals surface area contributed by atoms with E-state index in [9.17, 15) is 9.59 Å². The van der Waals surface area contributed by atoms with Gasteiger partial charge in [-0.2, -0.15) is 5.10 Å². The van der Waals surface area contributed by atoms with Crippen LogP contribution in [0.3, 0.4) is 0 Å². The Labute approximate surface area is 141 Å². The van der Waals surface area contributed by atoms with Crippen molar-refractivity contribution in [3.05, 3.63) is 18.0 Å². The molecule has 1 aromatic rings. The molecule has 0 unspecified atom stereocenters. The molecule has 1 saturated carbocycles. The maximum atomic E-state index is 13.1. The van der Waals surface area contributed by atoms with Crippen LogP contribution in [0.5, 0.6) is 0 Å². The molecule has 1 spiro atoms. The largest absolute Gasteiger partial charge is 0.469 e. The molecule has 0 N–H and O–H groups in total. The fraction of sp³-hybridized carbons (Fsp3) is 0.706. The molecule has 1 aliphatic heterocycles. The van der Waals surface area contributed by atoms with Gasteiger partial charge in [-0.1, -0.05) is 13.8 Å². The summed E-state index contributed by atoms with van der Waals surface area (Å²) in [6.07, 6.45) is 3.47. The van der Waals surface area contributed by atoms with Crippen LogP contribution >= 0.6 is 0 Å². The van der Waals surface area contributed by atoms with Crippen LogP contribution in [0.25, 0.3) is 0 Å². The molecule has 1 aliphatic carbocycles. The molecule has 132 valence electrons. The van der Waals surface area contributed by atoms with Crippen molar-refractivity contribution in [1.82, 2.24) is 14.7 Å². The summed E-state index contributed by atoms with van der Waals surface area (Å²) in [6, 6.07) is 1.75. The van der Waals surface area contributed by atoms with E-state index in [1.54, 1.807) is 21.8 Å². The summed E-state index contributed by atoms with van der Waals surface area (Å²) in [5.41, 5.74) is -0.0868. The third-order valence-electron chi connectivity index (χ3n) is 4.77. The maximum Gasteiger partial charge on any atom is 0.309 e. The van der Waals surface area contributed by atoms with Gasteiger partial charge in [-0.05, 0) is 18.4 Å². The van der Waals surface area contributed by atoms with E-state index in [-0.39, 0.29) is 17.8 Å². The van der Waals surface area contributed by atoms with Crippen molar-refractivity contribution < 1.29 is 19.1 Å². The van der Waals surface area contributed by atoms with E-state index in [1.165, 1.54) is 7.11 Å². The summed E-state index contributed by atoms with van der Waals surface area (Å²) in [7, 11) is 1.39. The third-order valence-corrected chi connectivity index (χ3v) is 4.77. The SMILES string of the molecule is COC(=O)C1CC2(C1)OCCCN2C(=O)c1ccnn1CC(C)C. The van der Waals surface area contributed by atoms with E-state index in [4.69, 9.17) is 9.47 Å². The van der Waals surface area contributed by atoms with E-state index < -0.39 is 5.72 Å². The van der Waals surface area contributed by atoms with Crippen molar-refractivity contribution in [2.24, 2.45) is 11.8 Å². The number of esters is 1. The lowest BCUT2D eigenvalue weighted by atomic mass is 9.74. The molecule has 1 amide bonds. The molecular formula is C17H25N3O4. The summed E-state index contributed by atoms with van der Waals surface area (Å²) >= 11 is 0. The first-order valence-electron chi connectivity index (χ1n) is 8.52. The van der Waals surface area contributed by atoms with Crippen LogP contribution in [-0.2, 0) is 20.8 Å². The zero-order valence-electron chi connectivity index (χ0n) is 14.5. The minimum absolute atomic E-state index is 0.0730. The molecule has 0 atom stereocenters. The summed E-state index contributed by atoms with van der Waals surface area (Å²) in [4.78, 5) is 26.6. The highest BCUT2D eigenvalue weighted by molar-refractivity contribution is 5.93. The Kier molecular flexibility index (Phi) is 4.62. The summed E-state index contributed by atoms with van der Waals surface area (Å²) in [5, 5.41) is 4.27. The minimum atomic E-state index is -0.666. The standard InChI is InChI=1S/C17H25N3O4/c1-12(2)11-20-14(5-6-18-20)15(21)19-7-4-8-24-17(19)9-13(10-17)16(22)23-3/h5-6,12-13H,4,7-11H2,1-3H3. The van der Waals surface area contributed by atoms with Crippen LogP contribution in [0.15, 0.2) is 12.3 Å². The first-order valence-corrected chi connectivity index (χ1v) is 8.52. The molecule has 2 fully saturated rings. The molecule has 1 aromatic heterocycles. The van der Waals surface area contributed by atoms with E-state index in [0.717, 1.165) is 6.42 Å². The fourth-order valence-electron chi connectivity index (χ4n) is 3.58. The topological polar surface area (TPSA) is 73.7 Å². The van der Waals surface area contributed by atoms with Gasteiger partial charge in [0.05, 0.1) is 19.6 Å². The van der Waals surface area contributed by atoms with Crippen LogP contribution in [-0.4, -0.2) is 52.5 Å². The number of methoxy groups -OCH3 is 1. The fourth-order valence-corrected chi connectivity index (χ4v) is 3.58. The van der Waals surface area contributed by atoms with E-state index in [2.05, 4.69) is 18.9 Å². The lowest BCUT2D eigenvalue weighted by Gasteiger charge is -2.54. The van der Waals surface area contributed by atoms with Crippen molar-refractivity contribution >= 4 is 11.9 Å². The molecule has 7 heteroatoms. The van der Waals surface area contributed by atoms with Crippen LogP contribution in [0.1, 0.15) is 43.6 Å². The zero-order valence-corrected chi connectivity index (χ0v) is 14.5. The van der Waals surface area contributed by atoms with Gasteiger partial charge in [0.2, 0.25) is 0 Å². The maximum absolute atomic E-state index is 13.1. The molecule has 2 aliphatic rings. The van der Waals surface area contributed by atoms with Gasteiger partial charge < -0.3 is 14.4 Å². The number of aromatic nitrogens is 2. The van der Waals surface area contributed by atoms with Gasteiger partial charge in [-0.3, -0.25) is 14.3 Å². The monoisotopic (exact) mass is 335 g/mol. The average molecular weight is 335 g/mol. The predicted octanol–water partition coefficient (Wildman–Crippen LogP) is 1.68. The average Bonchev–Trinajstić information content (AvgIpc) is 2.98. The Morgan fingerprint density at radius 3 is 2.88 bits per heavy atom. The number of ether oxygens (including phenoxy) is 2. The highest BCUT2D eigenvalue weighted by atomic mass is 16.5. The quantitative estimate of drug-likeness (QED) is 0.783. The van der Waals surface area contributed by atoms with Crippen LogP contribution in [0.4, 0.5) is 0 Å². The number of hydrogen-bond donors (Lipinski definition) is 0. The second-order valence-electron chi connectivity index (χ2n) is 7.03. The number of carbonyl (C=O) groups is 2. The van der Waals surface area contributed by atoms with Crippen molar-refractivity contribution in [3.63, 3.8) is 0 Å². The summed E-state index contributed by atoms with van der Waals surface area (Å²) < 4.78 is 12.5. The van der Waals surface area contributed by atoms with Crippen molar-refractivity contribution in [2.45, 2.75) is 45.4 Å². The number of nitrogens with zero attached hydrogens (tertiary/aromatic N) is 3. The smallest absolute Gasteiger partial charge is 0.309 e. The first-order chi connectivity index (χ1) is 11.5. The highest BCUT2D eigenvalue weighted by Crippen LogP contribution is 2.46. The normalized spacial score (nSPS) is 26.5. The molecular weight excluding hydrogens is 310 g/mol. The molecule has 0 radical (unpaired) electrons. The molecule has 1 saturated heterocycles. The van der Waals surface area contributed by atoms with Gasteiger partial charge in [-0.15, -0.1) is 0 Å². The predicted molar refractivity (Wildman–Crippen MR) is 86.1 cm³/mol. The number of rotatable bonds is 4. The Morgan fingerprint density at radius 1 is 1.46 bits per heavy atom. The Morgan fingerprint density at radius 2 is 2.21 bits per heavy atom. The molecule has 0 bridgehead atoms. The number of hydrogen-bond acceptors (Lipinski definition) is 5. The van der Waals surface area contributed by atoms with E-state index >= 15 is 0 Å². The van der Waals surface area contributed by atoms with Gasteiger partial charge in [0.15, 0.2) is 0 Å². The van der Waals surface area contributed by atoms with Crippen LogP contribution in [0.2, 0.25) is 0 Å².